The highest BCUT2D eigenvalue weighted by Crippen LogP contribution is 2.23. The van der Waals surface area contributed by atoms with Gasteiger partial charge < -0.3 is 9.47 Å². The summed E-state index contributed by atoms with van der Waals surface area (Å²) in [7, 11) is 0. The van der Waals surface area contributed by atoms with Crippen molar-refractivity contribution >= 4 is 5.78 Å². The van der Waals surface area contributed by atoms with Crippen LogP contribution in [0.2, 0.25) is 0 Å². The highest BCUT2D eigenvalue weighted by molar-refractivity contribution is 5.92. The van der Waals surface area contributed by atoms with E-state index >= 15 is 0 Å². The molecule has 0 unspecified atom stereocenters. The fourth-order valence-electron chi connectivity index (χ4n) is 1.61. The summed E-state index contributed by atoms with van der Waals surface area (Å²) in [6.07, 6.45) is 2.52. The van der Waals surface area contributed by atoms with Gasteiger partial charge in [-0.3, -0.25) is 4.79 Å². The fourth-order valence-corrected chi connectivity index (χ4v) is 1.61. The Hall–Kier alpha value is -2.36. The van der Waals surface area contributed by atoms with Crippen LogP contribution in [0, 0.1) is 0 Å². The molecule has 2 aromatic rings. The van der Waals surface area contributed by atoms with Gasteiger partial charge >= 0.3 is 0 Å². The molecule has 0 aliphatic heterocycles. The average Bonchev–Trinajstić information content (AvgIpc) is 2.47. The molecule has 0 fully saturated rings. The molecule has 0 bridgehead atoms. The van der Waals surface area contributed by atoms with Crippen LogP contribution >= 0.6 is 0 Å². The molecule has 0 aliphatic rings. The van der Waals surface area contributed by atoms with E-state index in [2.05, 4.69) is 11.9 Å². The van der Waals surface area contributed by atoms with Gasteiger partial charge in [0, 0.05) is 6.92 Å². The molecular weight excluding hydrogens is 254 g/mol. The van der Waals surface area contributed by atoms with Crippen molar-refractivity contribution in [3.05, 3.63) is 48.3 Å². The molecule has 20 heavy (non-hydrogen) atoms. The summed E-state index contributed by atoms with van der Waals surface area (Å²) >= 11 is 0. The van der Waals surface area contributed by atoms with E-state index < -0.39 is 0 Å². The molecule has 4 heteroatoms. The van der Waals surface area contributed by atoms with Gasteiger partial charge in [0.05, 0.1) is 12.8 Å². The number of nitrogens with zero attached hydrogens (tertiary/aromatic N) is 1. The van der Waals surface area contributed by atoms with Gasteiger partial charge in [0.25, 0.3) is 0 Å². The predicted octanol–water partition coefficient (Wildman–Crippen LogP) is 3.87. The number of carbonyl (C=O) groups excluding carboxylic acids is 1. The van der Waals surface area contributed by atoms with Crippen molar-refractivity contribution in [2.75, 3.05) is 6.61 Å². The third-order valence-corrected chi connectivity index (χ3v) is 2.63. The predicted molar refractivity (Wildman–Crippen MR) is 76.5 cm³/mol. The monoisotopic (exact) mass is 271 g/mol. The average molecular weight is 271 g/mol. The number of rotatable bonds is 6. The summed E-state index contributed by atoms with van der Waals surface area (Å²) in [6, 6.07) is 10.8. The van der Waals surface area contributed by atoms with Crippen molar-refractivity contribution < 1.29 is 14.3 Å². The van der Waals surface area contributed by atoms with Crippen molar-refractivity contribution in [2.24, 2.45) is 0 Å². The fraction of sp³-hybridized carbons (Fsp3) is 0.250. The number of ketones is 1. The minimum Gasteiger partial charge on any atom is -0.494 e. The number of Topliss-reactive ketones (excluding diaryl/α,β-unsaturated/α-hetero) is 1. The molecule has 0 radical (unpaired) electrons. The second-order valence-electron chi connectivity index (χ2n) is 4.36. The molecule has 104 valence electrons. The normalized spacial score (nSPS) is 10.1. The maximum Gasteiger partial charge on any atom is 0.178 e. The molecule has 1 aromatic carbocycles. The van der Waals surface area contributed by atoms with Crippen LogP contribution in [0.1, 0.15) is 30.8 Å². The molecule has 4 nitrogen and oxygen atoms in total. The Labute approximate surface area is 118 Å². The molecule has 2 rings (SSSR count). The van der Waals surface area contributed by atoms with Gasteiger partial charge in [0.1, 0.15) is 22.9 Å². The summed E-state index contributed by atoms with van der Waals surface area (Å²) in [5.41, 5.74) is 0.431. The molecule has 0 spiro atoms. The van der Waals surface area contributed by atoms with E-state index in [1.165, 1.54) is 13.1 Å². The summed E-state index contributed by atoms with van der Waals surface area (Å²) in [4.78, 5) is 15.2. The van der Waals surface area contributed by atoms with Gasteiger partial charge in [-0.05, 0) is 42.8 Å². The largest absolute Gasteiger partial charge is 0.494 e. The van der Waals surface area contributed by atoms with E-state index in [4.69, 9.17) is 9.47 Å². The van der Waals surface area contributed by atoms with Crippen LogP contribution in [0.4, 0.5) is 0 Å². The number of ether oxygens (including phenoxy) is 2. The van der Waals surface area contributed by atoms with Gasteiger partial charge in [0.2, 0.25) is 0 Å². The van der Waals surface area contributed by atoms with Crippen molar-refractivity contribution in [3.63, 3.8) is 0 Å². The minimum absolute atomic E-state index is 0.0611. The molecule has 1 heterocycles. The van der Waals surface area contributed by atoms with Gasteiger partial charge in [-0.2, -0.15) is 0 Å². The number of pyridine rings is 1. The Morgan fingerprint density at radius 3 is 2.25 bits per heavy atom. The topological polar surface area (TPSA) is 48.4 Å². The first-order valence-corrected chi connectivity index (χ1v) is 6.56. The van der Waals surface area contributed by atoms with Crippen LogP contribution in [0.15, 0.2) is 42.6 Å². The van der Waals surface area contributed by atoms with E-state index in [0.29, 0.717) is 23.8 Å². The first-order chi connectivity index (χ1) is 9.69. The van der Waals surface area contributed by atoms with Gasteiger partial charge in [-0.1, -0.05) is 6.92 Å². The molecule has 0 aliphatic carbocycles. The van der Waals surface area contributed by atoms with Crippen molar-refractivity contribution in [1.82, 2.24) is 4.98 Å². The molecule has 0 amide bonds. The molecule has 0 saturated heterocycles. The van der Waals surface area contributed by atoms with Crippen molar-refractivity contribution in [2.45, 2.75) is 20.3 Å². The third kappa shape index (κ3) is 3.82. The van der Waals surface area contributed by atoms with E-state index in [0.717, 1.165) is 12.2 Å². The Bertz CT molecular complexity index is 561. The molecular formula is C16H17NO3. The number of benzene rings is 1. The van der Waals surface area contributed by atoms with E-state index in [-0.39, 0.29) is 5.78 Å². The third-order valence-electron chi connectivity index (χ3n) is 2.63. The van der Waals surface area contributed by atoms with Gasteiger partial charge in [-0.25, -0.2) is 4.98 Å². The summed E-state index contributed by atoms with van der Waals surface area (Å²) in [5.74, 6) is 2.06. The maximum absolute atomic E-state index is 11.1. The molecule has 1 aromatic heterocycles. The van der Waals surface area contributed by atoms with E-state index in [1.54, 1.807) is 12.1 Å². The molecule has 0 N–H and O–H groups in total. The smallest absolute Gasteiger partial charge is 0.178 e. The highest BCUT2D eigenvalue weighted by Gasteiger charge is 2.02. The minimum atomic E-state index is -0.0611. The second-order valence-corrected chi connectivity index (χ2v) is 4.36. The van der Waals surface area contributed by atoms with Crippen LogP contribution < -0.4 is 9.47 Å². The van der Waals surface area contributed by atoms with Crippen molar-refractivity contribution in [3.8, 4) is 17.2 Å². The first-order valence-electron chi connectivity index (χ1n) is 6.56. The SMILES string of the molecule is CCCOc1ccc(Oc2ccc(C(C)=O)nc2)cc1. The molecule has 0 atom stereocenters. The summed E-state index contributed by atoms with van der Waals surface area (Å²) in [5, 5.41) is 0. The van der Waals surface area contributed by atoms with Crippen LogP contribution in [0.3, 0.4) is 0 Å². The number of hydrogen-bond acceptors (Lipinski definition) is 4. The quantitative estimate of drug-likeness (QED) is 0.748. The van der Waals surface area contributed by atoms with Crippen molar-refractivity contribution in [1.29, 1.82) is 0 Å². The van der Waals surface area contributed by atoms with E-state index in [1.807, 2.05) is 24.3 Å². The van der Waals surface area contributed by atoms with E-state index in [9.17, 15) is 4.79 Å². The van der Waals surface area contributed by atoms with Crippen LogP contribution in [0.5, 0.6) is 17.2 Å². The van der Waals surface area contributed by atoms with Crippen LogP contribution in [-0.2, 0) is 0 Å². The zero-order chi connectivity index (χ0) is 14.4. The van der Waals surface area contributed by atoms with Crippen LogP contribution in [0.25, 0.3) is 0 Å². The highest BCUT2D eigenvalue weighted by atomic mass is 16.5. The Morgan fingerprint density at radius 2 is 1.70 bits per heavy atom. The number of hydrogen-bond donors (Lipinski definition) is 0. The maximum atomic E-state index is 11.1. The number of aromatic nitrogens is 1. The summed E-state index contributed by atoms with van der Waals surface area (Å²) < 4.78 is 11.1. The van der Waals surface area contributed by atoms with Gasteiger partial charge in [0.15, 0.2) is 5.78 Å². The summed E-state index contributed by atoms with van der Waals surface area (Å²) in [6.45, 7) is 4.25. The van der Waals surface area contributed by atoms with Gasteiger partial charge in [-0.15, -0.1) is 0 Å². The first kappa shape index (κ1) is 14.1. The lowest BCUT2D eigenvalue weighted by molar-refractivity contribution is 0.101. The zero-order valence-electron chi connectivity index (χ0n) is 11.6. The zero-order valence-corrected chi connectivity index (χ0v) is 11.6. The lowest BCUT2D eigenvalue weighted by atomic mass is 10.3. The second kappa shape index (κ2) is 6.70. The Kier molecular flexibility index (Phi) is 4.71. The Morgan fingerprint density at radius 1 is 1.05 bits per heavy atom. The number of carbonyl (C=O) groups is 1. The lowest BCUT2D eigenvalue weighted by Crippen LogP contribution is -1.96. The van der Waals surface area contributed by atoms with Crippen LogP contribution in [-0.4, -0.2) is 17.4 Å². The lowest BCUT2D eigenvalue weighted by Gasteiger charge is -2.07. The Balaban J connectivity index is 2.00. The standard InChI is InChI=1S/C16H17NO3/c1-3-10-19-13-4-6-14(7-5-13)20-15-8-9-16(12(2)18)17-11-15/h4-9,11H,3,10H2,1-2H3. The molecule has 0 saturated carbocycles.